The van der Waals surface area contributed by atoms with E-state index in [-0.39, 0.29) is 6.17 Å². The van der Waals surface area contributed by atoms with Crippen LogP contribution in [0.2, 0.25) is 0 Å². The summed E-state index contributed by atoms with van der Waals surface area (Å²) in [7, 11) is 0. The summed E-state index contributed by atoms with van der Waals surface area (Å²) < 4.78 is 2.17. The van der Waals surface area contributed by atoms with Crippen LogP contribution in [0.5, 0.6) is 0 Å². The molecule has 0 radical (unpaired) electrons. The number of fused-ring (bicyclic) bond motifs is 3. The smallest absolute Gasteiger partial charge is 0.212 e. The van der Waals surface area contributed by atoms with Crippen molar-refractivity contribution in [3.05, 3.63) is 65.7 Å². The quantitative estimate of drug-likeness (QED) is 0.550. The van der Waals surface area contributed by atoms with Gasteiger partial charge in [-0.3, -0.25) is 9.88 Å². The summed E-state index contributed by atoms with van der Waals surface area (Å²) in [5.41, 5.74) is 10.6. The molecule has 3 N–H and O–H groups in total. The lowest BCUT2D eigenvalue weighted by molar-refractivity contribution is 0.569. The molecule has 1 unspecified atom stereocenters. The van der Waals surface area contributed by atoms with Crippen molar-refractivity contribution in [2.24, 2.45) is 10.7 Å². The Kier molecular flexibility index (Phi) is 5.42. The zero-order valence-electron chi connectivity index (χ0n) is 16.3. The fraction of sp³-hybridized carbons (Fsp3) is 0.304. The van der Waals surface area contributed by atoms with Gasteiger partial charge in [0, 0.05) is 0 Å². The summed E-state index contributed by atoms with van der Waals surface area (Å²) in [5, 5.41) is 3.13. The van der Waals surface area contributed by atoms with Crippen LogP contribution in [0.1, 0.15) is 50.8 Å². The van der Waals surface area contributed by atoms with Crippen LogP contribution in [0.25, 0.3) is 17.1 Å². The molecule has 0 bridgehead atoms. The van der Waals surface area contributed by atoms with Gasteiger partial charge < -0.3 is 5.73 Å². The number of nitrogens with two attached hydrogens (primary N) is 1. The maximum atomic E-state index is 6.13. The number of hydrogen-bond donors (Lipinski definition) is 2. The molecule has 0 aliphatic carbocycles. The second-order valence-electron chi connectivity index (χ2n) is 7.25. The number of nitrogens with zero attached hydrogens (tertiary/aromatic N) is 3. The summed E-state index contributed by atoms with van der Waals surface area (Å²) in [6.07, 6.45) is 7.94. The molecule has 144 valence electrons. The zero-order chi connectivity index (χ0) is 19.3. The summed E-state index contributed by atoms with van der Waals surface area (Å²) >= 11 is 0. The number of unbranched alkanes of at least 4 members (excludes halogenated alkanes) is 3. The van der Waals surface area contributed by atoms with Gasteiger partial charge in [0.1, 0.15) is 0 Å². The van der Waals surface area contributed by atoms with E-state index in [2.05, 4.69) is 53.2 Å². The molecule has 2 heterocycles. The van der Waals surface area contributed by atoms with E-state index in [0.717, 1.165) is 29.8 Å². The number of imidazole rings is 1. The molecule has 4 rings (SSSR count). The van der Waals surface area contributed by atoms with Crippen molar-refractivity contribution in [2.45, 2.75) is 45.2 Å². The minimum absolute atomic E-state index is 0.175. The molecular weight excluding hydrogens is 346 g/mol. The molecule has 2 aromatic carbocycles. The fourth-order valence-corrected chi connectivity index (χ4v) is 3.76. The third-order valence-corrected chi connectivity index (χ3v) is 5.14. The molecule has 1 atom stereocenters. The van der Waals surface area contributed by atoms with Crippen molar-refractivity contribution in [1.29, 1.82) is 0 Å². The standard InChI is InChI=1S/C23H27N5/c1-2-3-4-8-13-18(16-17-11-6-5-7-12-17)21-26-22(24)27-23-25-19-14-9-10-15-20(19)28(21)23/h5-7,9-12,14-16,21H,2-4,8,13H2,1H3,(H3,24,25,26,27)/b18-16-. The highest BCUT2D eigenvalue weighted by Crippen LogP contribution is 2.35. The predicted octanol–water partition coefficient (Wildman–Crippen LogP) is 5.33. The van der Waals surface area contributed by atoms with Crippen LogP contribution < -0.4 is 11.1 Å². The molecule has 1 aliphatic rings. The number of aliphatic imine (C=N–C) groups is 1. The Bertz CT molecular complexity index is 1000. The van der Waals surface area contributed by atoms with Gasteiger partial charge in [0.2, 0.25) is 5.95 Å². The van der Waals surface area contributed by atoms with Crippen molar-refractivity contribution in [3.63, 3.8) is 0 Å². The summed E-state index contributed by atoms with van der Waals surface area (Å²) in [6, 6.07) is 18.6. The monoisotopic (exact) mass is 373 g/mol. The molecule has 28 heavy (non-hydrogen) atoms. The van der Waals surface area contributed by atoms with Crippen LogP contribution in [-0.4, -0.2) is 15.5 Å². The Morgan fingerprint density at radius 3 is 2.68 bits per heavy atom. The third kappa shape index (κ3) is 3.79. The van der Waals surface area contributed by atoms with Crippen LogP contribution in [0.3, 0.4) is 0 Å². The molecule has 0 fully saturated rings. The number of hydrogen-bond acceptors (Lipinski definition) is 4. The molecule has 1 aliphatic heterocycles. The van der Waals surface area contributed by atoms with Crippen LogP contribution in [-0.2, 0) is 0 Å². The number of benzene rings is 2. The normalized spacial score (nSPS) is 16.5. The first-order chi connectivity index (χ1) is 13.8. The van der Waals surface area contributed by atoms with E-state index in [0.29, 0.717) is 5.96 Å². The Hall–Kier alpha value is -3.08. The number of aromatic nitrogens is 2. The van der Waals surface area contributed by atoms with Crippen LogP contribution in [0.4, 0.5) is 5.95 Å². The second-order valence-corrected chi connectivity index (χ2v) is 7.25. The molecule has 1 aromatic heterocycles. The van der Waals surface area contributed by atoms with Crippen LogP contribution in [0, 0.1) is 0 Å². The number of rotatable bonds is 7. The average molecular weight is 374 g/mol. The van der Waals surface area contributed by atoms with Crippen molar-refractivity contribution in [1.82, 2.24) is 9.55 Å². The molecule has 5 nitrogen and oxygen atoms in total. The van der Waals surface area contributed by atoms with Crippen molar-refractivity contribution >= 4 is 29.0 Å². The predicted molar refractivity (Wildman–Crippen MR) is 117 cm³/mol. The van der Waals surface area contributed by atoms with E-state index in [1.54, 1.807) is 0 Å². The number of anilines is 1. The maximum absolute atomic E-state index is 6.13. The van der Waals surface area contributed by atoms with E-state index < -0.39 is 0 Å². The molecule has 0 saturated heterocycles. The van der Waals surface area contributed by atoms with E-state index in [9.17, 15) is 0 Å². The first-order valence-electron chi connectivity index (χ1n) is 10.1. The largest absolute Gasteiger partial charge is 0.370 e. The Balaban J connectivity index is 1.76. The minimum atomic E-state index is -0.175. The van der Waals surface area contributed by atoms with Gasteiger partial charge in [-0.25, -0.2) is 9.98 Å². The van der Waals surface area contributed by atoms with Crippen molar-refractivity contribution < 1.29 is 0 Å². The van der Waals surface area contributed by atoms with E-state index >= 15 is 0 Å². The summed E-state index contributed by atoms with van der Waals surface area (Å²) in [5.74, 6) is 1.17. The van der Waals surface area contributed by atoms with E-state index in [4.69, 9.17) is 15.7 Å². The molecule has 0 saturated carbocycles. The lowest BCUT2D eigenvalue weighted by Crippen LogP contribution is -2.31. The Labute approximate surface area is 166 Å². The van der Waals surface area contributed by atoms with Gasteiger partial charge in [-0.1, -0.05) is 74.7 Å². The van der Waals surface area contributed by atoms with Gasteiger partial charge in [-0.2, -0.15) is 0 Å². The molecule has 3 aromatic rings. The third-order valence-electron chi connectivity index (χ3n) is 5.14. The fourth-order valence-electron chi connectivity index (χ4n) is 3.76. The molecule has 0 spiro atoms. The molecular formula is C23H27N5. The highest BCUT2D eigenvalue weighted by atomic mass is 15.4. The van der Waals surface area contributed by atoms with Gasteiger partial charge >= 0.3 is 0 Å². The zero-order valence-corrected chi connectivity index (χ0v) is 16.3. The lowest BCUT2D eigenvalue weighted by Gasteiger charge is -2.26. The van der Waals surface area contributed by atoms with Crippen LogP contribution in [0.15, 0.2) is 65.2 Å². The van der Waals surface area contributed by atoms with Gasteiger partial charge in [0.15, 0.2) is 12.1 Å². The Morgan fingerprint density at radius 1 is 1.07 bits per heavy atom. The second kappa shape index (κ2) is 8.30. The first-order valence-corrected chi connectivity index (χ1v) is 10.1. The first kappa shape index (κ1) is 18.3. The highest BCUT2D eigenvalue weighted by Gasteiger charge is 2.26. The average Bonchev–Trinajstić information content (AvgIpc) is 3.08. The van der Waals surface area contributed by atoms with Crippen molar-refractivity contribution in [3.8, 4) is 0 Å². The Morgan fingerprint density at radius 2 is 1.86 bits per heavy atom. The molecule has 0 amide bonds. The van der Waals surface area contributed by atoms with E-state index in [1.165, 1.54) is 30.4 Å². The highest BCUT2D eigenvalue weighted by molar-refractivity contribution is 5.94. The SMILES string of the molecule is CCCCCC/C(=C/c1ccccc1)C1N=C(N)Nc2nc3ccccc3n21. The summed E-state index contributed by atoms with van der Waals surface area (Å²) in [4.78, 5) is 9.50. The van der Waals surface area contributed by atoms with Gasteiger partial charge in [-0.15, -0.1) is 0 Å². The lowest BCUT2D eigenvalue weighted by atomic mass is 10.0. The maximum Gasteiger partial charge on any atom is 0.212 e. The van der Waals surface area contributed by atoms with Crippen LogP contribution >= 0.6 is 0 Å². The van der Waals surface area contributed by atoms with Gasteiger partial charge in [-0.05, 0) is 36.1 Å². The molecule has 5 heteroatoms. The minimum Gasteiger partial charge on any atom is -0.370 e. The van der Waals surface area contributed by atoms with Crippen molar-refractivity contribution in [2.75, 3.05) is 5.32 Å². The summed E-state index contributed by atoms with van der Waals surface area (Å²) in [6.45, 7) is 2.24. The number of nitrogens with one attached hydrogen (secondary N) is 1. The number of para-hydroxylation sites is 2. The number of guanidine groups is 1. The van der Waals surface area contributed by atoms with Gasteiger partial charge in [0.05, 0.1) is 11.0 Å². The van der Waals surface area contributed by atoms with Gasteiger partial charge in [0.25, 0.3) is 0 Å². The van der Waals surface area contributed by atoms with E-state index in [1.807, 2.05) is 24.3 Å². The topological polar surface area (TPSA) is 68.2 Å².